The maximum atomic E-state index is 11.6. The summed E-state index contributed by atoms with van der Waals surface area (Å²) in [5.74, 6) is -0.378. The quantitative estimate of drug-likeness (QED) is 0.408. The fourth-order valence-electron chi connectivity index (χ4n) is 2.35. The second-order valence-corrected chi connectivity index (χ2v) is 5.89. The van der Waals surface area contributed by atoms with Gasteiger partial charge in [0.25, 0.3) is 5.69 Å². The first-order valence-corrected chi connectivity index (χ1v) is 8.63. The van der Waals surface area contributed by atoms with Crippen LogP contribution in [0.1, 0.15) is 24.5 Å². The maximum Gasteiger partial charge on any atom is 0.407 e. The Balaban J connectivity index is 1.79. The number of anilines is 1. The summed E-state index contributed by atoms with van der Waals surface area (Å²) in [5.41, 5.74) is 1.49. The van der Waals surface area contributed by atoms with Crippen molar-refractivity contribution in [3.05, 3.63) is 75.8 Å². The van der Waals surface area contributed by atoms with E-state index >= 15 is 0 Å². The molecule has 2 N–H and O–H groups in total. The van der Waals surface area contributed by atoms with Gasteiger partial charge in [-0.05, 0) is 23.6 Å². The highest BCUT2D eigenvalue weighted by molar-refractivity contribution is 5.91. The predicted molar refractivity (Wildman–Crippen MR) is 106 cm³/mol. The SMILES string of the molecule is CC(=O)Nc1ccc(C=CCCNC(=O)OCc2ccccc2)cc1[N+](=O)[O-]. The molecule has 2 rings (SSSR count). The van der Waals surface area contributed by atoms with Gasteiger partial charge < -0.3 is 15.4 Å². The van der Waals surface area contributed by atoms with Gasteiger partial charge in [0.1, 0.15) is 12.3 Å². The summed E-state index contributed by atoms with van der Waals surface area (Å²) < 4.78 is 5.10. The van der Waals surface area contributed by atoms with Crippen molar-refractivity contribution in [3.8, 4) is 0 Å². The second-order valence-electron chi connectivity index (χ2n) is 5.89. The number of ether oxygens (including phenoxy) is 1. The Morgan fingerprint density at radius 1 is 1.18 bits per heavy atom. The predicted octanol–water partition coefficient (Wildman–Crippen LogP) is 3.88. The Morgan fingerprint density at radius 3 is 2.61 bits per heavy atom. The molecule has 146 valence electrons. The molecule has 0 fully saturated rings. The number of alkyl carbamates (subject to hydrolysis) is 1. The van der Waals surface area contributed by atoms with Crippen LogP contribution in [0.15, 0.2) is 54.6 Å². The zero-order valence-corrected chi connectivity index (χ0v) is 15.4. The molecule has 0 saturated heterocycles. The number of carbonyl (C=O) groups excluding carboxylic acids is 2. The van der Waals surface area contributed by atoms with Crippen LogP contribution < -0.4 is 10.6 Å². The first kappa shape index (κ1) is 20.6. The van der Waals surface area contributed by atoms with Crippen LogP contribution in [0.5, 0.6) is 0 Å². The van der Waals surface area contributed by atoms with Gasteiger partial charge in [-0.25, -0.2) is 4.79 Å². The molecule has 0 aliphatic heterocycles. The molecule has 8 nitrogen and oxygen atoms in total. The minimum absolute atomic E-state index is 0.150. The van der Waals surface area contributed by atoms with Crippen LogP contribution in [0.2, 0.25) is 0 Å². The van der Waals surface area contributed by atoms with Gasteiger partial charge in [-0.1, -0.05) is 48.6 Å². The molecule has 2 amide bonds. The van der Waals surface area contributed by atoms with Gasteiger partial charge in [0.05, 0.1) is 4.92 Å². The van der Waals surface area contributed by atoms with E-state index in [2.05, 4.69) is 10.6 Å². The van der Waals surface area contributed by atoms with Crippen LogP contribution in [-0.4, -0.2) is 23.5 Å². The van der Waals surface area contributed by atoms with Crippen LogP contribution in [0.4, 0.5) is 16.2 Å². The average Bonchev–Trinajstić information content (AvgIpc) is 2.67. The van der Waals surface area contributed by atoms with Crippen LogP contribution in [0.3, 0.4) is 0 Å². The number of hydrogen-bond acceptors (Lipinski definition) is 5. The van der Waals surface area contributed by atoms with Gasteiger partial charge in [-0.15, -0.1) is 0 Å². The lowest BCUT2D eigenvalue weighted by Crippen LogP contribution is -2.24. The lowest BCUT2D eigenvalue weighted by molar-refractivity contribution is -0.383. The van der Waals surface area contributed by atoms with Crippen molar-refractivity contribution < 1.29 is 19.2 Å². The molecule has 2 aromatic carbocycles. The largest absolute Gasteiger partial charge is 0.445 e. The normalized spacial score (nSPS) is 10.5. The van der Waals surface area contributed by atoms with Crippen LogP contribution in [0.25, 0.3) is 6.08 Å². The third-order valence-corrected chi connectivity index (χ3v) is 3.63. The summed E-state index contributed by atoms with van der Waals surface area (Å²) >= 11 is 0. The molecule has 0 bridgehead atoms. The summed E-state index contributed by atoms with van der Waals surface area (Å²) in [5, 5.41) is 16.2. The third kappa shape index (κ3) is 6.91. The van der Waals surface area contributed by atoms with Crippen molar-refractivity contribution >= 4 is 29.5 Å². The van der Waals surface area contributed by atoms with Gasteiger partial charge in [-0.3, -0.25) is 14.9 Å². The molecule has 8 heteroatoms. The van der Waals surface area contributed by atoms with Crippen molar-refractivity contribution in [3.63, 3.8) is 0 Å². The lowest BCUT2D eigenvalue weighted by atomic mass is 10.1. The molecule has 0 radical (unpaired) electrons. The Labute approximate surface area is 162 Å². The van der Waals surface area contributed by atoms with E-state index in [0.29, 0.717) is 18.5 Å². The fourth-order valence-corrected chi connectivity index (χ4v) is 2.35. The Morgan fingerprint density at radius 2 is 1.93 bits per heavy atom. The molecule has 0 aromatic heterocycles. The summed E-state index contributed by atoms with van der Waals surface area (Å²) in [4.78, 5) is 33.3. The van der Waals surface area contributed by atoms with Gasteiger partial charge in [-0.2, -0.15) is 0 Å². The molecule has 0 aliphatic rings. The van der Waals surface area contributed by atoms with E-state index in [1.165, 1.54) is 19.1 Å². The highest BCUT2D eigenvalue weighted by Crippen LogP contribution is 2.26. The number of amides is 2. The minimum atomic E-state index is -0.549. The molecule has 2 aromatic rings. The number of carbonyl (C=O) groups is 2. The third-order valence-electron chi connectivity index (χ3n) is 3.63. The molecule has 0 atom stereocenters. The summed E-state index contributed by atoms with van der Waals surface area (Å²) in [6.45, 7) is 1.86. The first-order chi connectivity index (χ1) is 13.5. The second kappa shape index (κ2) is 10.5. The minimum Gasteiger partial charge on any atom is -0.445 e. The number of nitrogens with one attached hydrogen (secondary N) is 2. The Hall–Kier alpha value is -3.68. The van der Waals surface area contributed by atoms with Crippen molar-refractivity contribution in [1.29, 1.82) is 0 Å². The van der Waals surface area contributed by atoms with E-state index in [-0.39, 0.29) is 23.9 Å². The van der Waals surface area contributed by atoms with Crippen molar-refractivity contribution in [2.45, 2.75) is 20.0 Å². The van der Waals surface area contributed by atoms with Crippen LogP contribution in [-0.2, 0) is 16.1 Å². The van der Waals surface area contributed by atoms with E-state index in [4.69, 9.17) is 4.74 Å². The number of nitro groups is 1. The zero-order chi connectivity index (χ0) is 20.4. The van der Waals surface area contributed by atoms with E-state index in [0.717, 1.165) is 5.56 Å². The number of nitrogens with zero attached hydrogens (tertiary/aromatic N) is 1. The monoisotopic (exact) mass is 383 g/mol. The Kier molecular flexibility index (Phi) is 7.71. The number of rotatable bonds is 8. The van der Waals surface area contributed by atoms with Gasteiger partial charge in [0.2, 0.25) is 5.91 Å². The molecule has 0 spiro atoms. The summed E-state index contributed by atoms with van der Waals surface area (Å²) in [6, 6.07) is 13.9. The summed E-state index contributed by atoms with van der Waals surface area (Å²) in [6.07, 6.45) is 3.52. The standard InChI is InChI=1S/C20H21N3O5/c1-15(24)22-18-11-10-16(13-19(18)23(26)27)7-5-6-12-21-20(25)28-14-17-8-3-2-4-9-17/h2-5,7-11,13H,6,12,14H2,1H3,(H,21,25)(H,22,24). The van der Waals surface area contributed by atoms with Gasteiger partial charge >= 0.3 is 6.09 Å². The first-order valence-electron chi connectivity index (χ1n) is 8.63. The zero-order valence-electron chi connectivity index (χ0n) is 15.4. The topological polar surface area (TPSA) is 111 Å². The average molecular weight is 383 g/mol. The smallest absolute Gasteiger partial charge is 0.407 e. The van der Waals surface area contributed by atoms with Crippen molar-refractivity contribution in [2.75, 3.05) is 11.9 Å². The molecular weight excluding hydrogens is 362 g/mol. The van der Waals surface area contributed by atoms with Gasteiger partial charge in [0, 0.05) is 19.5 Å². The summed E-state index contributed by atoms with van der Waals surface area (Å²) in [7, 11) is 0. The fraction of sp³-hybridized carbons (Fsp3) is 0.200. The number of hydrogen-bond donors (Lipinski definition) is 2. The molecular formula is C20H21N3O5. The van der Waals surface area contributed by atoms with E-state index in [9.17, 15) is 19.7 Å². The van der Waals surface area contributed by atoms with Crippen LogP contribution >= 0.6 is 0 Å². The lowest BCUT2D eigenvalue weighted by Gasteiger charge is -2.06. The number of nitro benzene ring substituents is 1. The van der Waals surface area contributed by atoms with E-state index < -0.39 is 11.0 Å². The maximum absolute atomic E-state index is 11.6. The highest BCUT2D eigenvalue weighted by atomic mass is 16.6. The molecule has 0 unspecified atom stereocenters. The molecule has 0 aliphatic carbocycles. The molecule has 0 saturated carbocycles. The molecule has 28 heavy (non-hydrogen) atoms. The van der Waals surface area contributed by atoms with E-state index in [1.54, 1.807) is 18.2 Å². The van der Waals surface area contributed by atoms with Crippen LogP contribution in [0, 0.1) is 10.1 Å². The number of benzene rings is 2. The van der Waals surface area contributed by atoms with E-state index in [1.807, 2.05) is 30.3 Å². The highest BCUT2D eigenvalue weighted by Gasteiger charge is 2.14. The van der Waals surface area contributed by atoms with Gasteiger partial charge in [0.15, 0.2) is 0 Å². The van der Waals surface area contributed by atoms with Crippen molar-refractivity contribution in [1.82, 2.24) is 5.32 Å². The molecule has 0 heterocycles. The van der Waals surface area contributed by atoms with Crippen molar-refractivity contribution in [2.24, 2.45) is 0 Å². The Bertz CT molecular complexity index is 865.